The molecule has 0 spiro atoms. The summed E-state index contributed by atoms with van der Waals surface area (Å²) in [6, 6.07) is 0. The van der Waals surface area contributed by atoms with Crippen molar-refractivity contribution in [3.63, 3.8) is 0 Å². The Bertz CT molecular complexity index is 196. The minimum atomic E-state index is 0. The van der Waals surface area contributed by atoms with E-state index in [0.29, 0.717) is 0 Å². The van der Waals surface area contributed by atoms with Crippen LogP contribution in [0, 0.1) is 47.8 Å². The summed E-state index contributed by atoms with van der Waals surface area (Å²) in [4.78, 5) is 0. The summed E-state index contributed by atoms with van der Waals surface area (Å²) in [5.41, 5.74) is 1.15. The molecule has 94 valence electrons. The molecule has 0 atom stereocenters. The molecular formula is C13H18FeOP2. The van der Waals surface area contributed by atoms with Crippen molar-refractivity contribution in [2.45, 2.75) is 27.7 Å². The van der Waals surface area contributed by atoms with E-state index in [1.165, 1.54) is 40.8 Å². The van der Waals surface area contributed by atoms with Crippen molar-refractivity contribution in [3.05, 3.63) is 47.8 Å². The summed E-state index contributed by atoms with van der Waals surface area (Å²) in [5, 5.41) is 8.76. The molecule has 4 heteroatoms. The van der Waals surface area contributed by atoms with Gasteiger partial charge in [-0.25, -0.2) is 0 Å². The van der Waals surface area contributed by atoms with Crippen LogP contribution < -0.4 is 0 Å². The van der Waals surface area contributed by atoms with Gasteiger partial charge in [0.25, 0.3) is 0 Å². The fraction of sp³-hybridized carbons (Fsp3) is 0.385. The van der Waals surface area contributed by atoms with Crippen molar-refractivity contribution < 1.29 is 22.2 Å². The first-order valence-electron chi connectivity index (χ1n) is 5.28. The molecule has 0 bridgehead atoms. The van der Waals surface area contributed by atoms with E-state index in [1.54, 1.807) is 0 Å². The van der Waals surface area contributed by atoms with Gasteiger partial charge in [-0.2, -0.15) is 0 Å². The summed E-state index contributed by atoms with van der Waals surface area (Å²) >= 11 is 0. The summed E-state index contributed by atoms with van der Waals surface area (Å²) in [5.74, 6) is 5.43. The van der Waals surface area contributed by atoms with Crippen LogP contribution in [-0.2, 0) is 17.1 Å². The molecule has 2 heterocycles. The van der Waals surface area contributed by atoms with E-state index in [4.69, 9.17) is 5.11 Å². The van der Waals surface area contributed by atoms with E-state index in [1.807, 2.05) is 0 Å². The Morgan fingerprint density at radius 1 is 0.941 bits per heavy atom. The molecule has 0 aromatic carbocycles. The van der Waals surface area contributed by atoms with E-state index in [9.17, 15) is 0 Å². The fourth-order valence-corrected chi connectivity index (χ4v) is 3.14. The van der Waals surface area contributed by atoms with Crippen LogP contribution in [0.25, 0.3) is 0 Å². The normalized spacial score (nSPS) is 25.9. The maximum atomic E-state index is 8.76. The Balaban J connectivity index is 0.000000292. The maximum absolute atomic E-state index is 8.76. The van der Waals surface area contributed by atoms with Gasteiger partial charge in [0.1, 0.15) is 0 Å². The quantitative estimate of drug-likeness (QED) is 0.566. The number of hydrogen-bond donors (Lipinski definition) is 1. The summed E-state index contributed by atoms with van der Waals surface area (Å²) in [7, 11) is 2.53. The third-order valence-corrected chi connectivity index (χ3v) is 5.12. The zero-order chi connectivity index (χ0) is 12.1. The molecular weight excluding hydrogens is 290 g/mol. The zero-order valence-corrected chi connectivity index (χ0v) is 13.5. The van der Waals surface area contributed by atoms with Crippen molar-refractivity contribution in [1.82, 2.24) is 0 Å². The molecule has 2 saturated heterocycles. The Hall–Kier alpha value is 1.34. The topological polar surface area (TPSA) is 20.2 Å². The van der Waals surface area contributed by atoms with Gasteiger partial charge >= 0.3 is 0 Å². The minimum Gasteiger partial charge on any atom is -0.395 e. The second-order valence-corrected chi connectivity index (χ2v) is 5.82. The summed E-state index contributed by atoms with van der Waals surface area (Å²) in [6.07, 6.45) is 6.56. The van der Waals surface area contributed by atoms with Crippen molar-refractivity contribution in [2.75, 3.05) is 6.61 Å². The minimum absolute atomic E-state index is 0. The van der Waals surface area contributed by atoms with Crippen LogP contribution >= 0.6 is 17.2 Å². The van der Waals surface area contributed by atoms with Gasteiger partial charge < -0.3 is 5.11 Å². The maximum Gasteiger partial charge on any atom is 0.0545 e. The van der Waals surface area contributed by atoms with E-state index in [-0.39, 0.29) is 23.7 Å². The van der Waals surface area contributed by atoms with Crippen molar-refractivity contribution >= 4 is 17.2 Å². The van der Waals surface area contributed by atoms with Crippen LogP contribution in [0.5, 0.6) is 0 Å². The molecule has 0 saturated carbocycles. The van der Waals surface area contributed by atoms with Crippen LogP contribution in [0.1, 0.15) is 27.7 Å². The molecule has 2 rings (SSSR count). The number of aliphatic hydroxyl groups is 1. The molecule has 17 heavy (non-hydrogen) atoms. The summed E-state index contributed by atoms with van der Waals surface area (Å²) in [6.45, 7) is 8.63. The Labute approximate surface area is 121 Å². The smallest absolute Gasteiger partial charge is 0.0545 e. The Morgan fingerprint density at radius 3 is 1.65 bits per heavy atom. The van der Waals surface area contributed by atoms with Crippen LogP contribution in [0.15, 0.2) is 0 Å². The molecule has 0 unspecified atom stereocenters. The molecule has 2 fully saturated rings. The van der Waals surface area contributed by atoms with Crippen LogP contribution in [0.3, 0.4) is 0 Å². The van der Waals surface area contributed by atoms with Crippen molar-refractivity contribution in [2.24, 2.45) is 0 Å². The predicted molar refractivity (Wildman–Crippen MR) is 72.7 cm³/mol. The Kier molecular flexibility index (Phi) is 10.0. The predicted octanol–water partition coefficient (Wildman–Crippen LogP) is 4.28. The van der Waals surface area contributed by atoms with Crippen LogP contribution in [-0.4, -0.2) is 11.7 Å². The number of rotatable bonds is 1. The SMILES string of the molecule is C[C]1[CH][P][CH][C]1C.C[C]1[CH][P][C](CO)[C]1C.[Fe]. The van der Waals surface area contributed by atoms with Gasteiger partial charge in [-0.1, -0.05) is 44.9 Å². The number of aliphatic hydroxyl groups excluding tert-OH is 1. The second kappa shape index (κ2) is 9.28. The van der Waals surface area contributed by atoms with E-state index in [2.05, 4.69) is 46.2 Å². The third-order valence-electron chi connectivity index (χ3n) is 2.75. The van der Waals surface area contributed by atoms with Crippen molar-refractivity contribution in [1.29, 1.82) is 0 Å². The van der Waals surface area contributed by atoms with Crippen LogP contribution in [0.4, 0.5) is 0 Å². The molecule has 1 N–H and O–H groups in total. The second-order valence-electron chi connectivity index (χ2n) is 3.94. The first-order valence-corrected chi connectivity index (χ1v) is 7.28. The van der Waals surface area contributed by atoms with Gasteiger partial charge in [0, 0.05) is 22.7 Å². The van der Waals surface area contributed by atoms with Gasteiger partial charge in [-0.3, -0.25) is 0 Å². The fourth-order valence-electron chi connectivity index (χ4n) is 1.22. The van der Waals surface area contributed by atoms with Gasteiger partial charge in [0.2, 0.25) is 0 Å². The first-order chi connectivity index (χ1) is 7.56. The standard InChI is InChI=1S/C7H10OP.C6H8P.Fe/c1-5-4-9-7(3-8)6(5)2;1-5-3-7-4-6(5)2;/h4,8H,3H2,1-2H3;3-4H,1-2H3;. The Morgan fingerprint density at radius 2 is 1.47 bits per heavy atom. The largest absolute Gasteiger partial charge is 0.395 e. The average Bonchev–Trinajstić information content (AvgIpc) is 2.78. The molecule has 10 radical (unpaired) electrons. The molecule has 1 nitrogen and oxygen atoms in total. The van der Waals surface area contributed by atoms with Crippen molar-refractivity contribution in [3.8, 4) is 0 Å². The van der Waals surface area contributed by atoms with E-state index in [0.717, 1.165) is 5.66 Å². The monoisotopic (exact) mass is 308 g/mol. The molecule has 2 aliphatic heterocycles. The van der Waals surface area contributed by atoms with Gasteiger partial charge in [-0.15, -0.1) is 0 Å². The van der Waals surface area contributed by atoms with Crippen LogP contribution in [0.2, 0.25) is 0 Å². The van der Waals surface area contributed by atoms with E-state index < -0.39 is 0 Å². The molecule has 0 aromatic rings. The average molecular weight is 308 g/mol. The van der Waals surface area contributed by atoms with Gasteiger partial charge in [-0.05, 0) is 42.2 Å². The molecule has 0 aliphatic carbocycles. The summed E-state index contributed by atoms with van der Waals surface area (Å²) < 4.78 is 0. The number of hydrogen-bond acceptors (Lipinski definition) is 1. The van der Waals surface area contributed by atoms with Gasteiger partial charge in [0.15, 0.2) is 0 Å². The molecule has 0 aromatic heterocycles. The van der Waals surface area contributed by atoms with E-state index >= 15 is 0 Å². The molecule has 2 aliphatic rings. The van der Waals surface area contributed by atoms with Gasteiger partial charge in [0.05, 0.1) is 6.61 Å². The molecule has 0 amide bonds. The zero-order valence-electron chi connectivity index (χ0n) is 10.6. The first kappa shape index (κ1) is 18.3. The third kappa shape index (κ3) is 5.88.